The molecule has 0 saturated carbocycles. The molecule has 144 valence electrons. The molecule has 2 aliphatic heterocycles. The van der Waals surface area contributed by atoms with E-state index >= 15 is 0 Å². The summed E-state index contributed by atoms with van der Waals surface area (Å²) in [6.45, 7) is 11.3. The smallest absolute Gasteiger partial charge is 0.231 e. The van der Waals surface area contributed by atoms with Crippen LogP contribution in [0.2, 0.25) is 0 Å². The van der Waals surface area contributed by atoms with Crippen LogP contribution in [0, 0.1) is 11.8 Å². The lowest BCUT2D eigenvalue weighted by atomic mass is 9.73. The van der Waals surface area contributed by atoms with Crippen LogP contribution in [0.3, 0.4) is 0 Å². The van der Waals surface area contributed by atoms with E-state index in [0.29, 0.717) is 13.2 Å². The molecule has 1 aromatic rings. The fourth-order valence-electron chi connectivity index (χ4n) is 4.86. The summed E-state index contributed by atoms with van der Waals surface area (Å²) in [4.78, 5) is 15.8. The Hall–Kier alpha value is -1.39. The first-order chi connectivity index (χ1) is 12.5. The molecule has 0 radical (unpaired) electrons. The van der Waals surface area contributed by atoms with Gasteiger partial charge in [-0.3, -0.25) is 4.79 Å². The van der Waals surface area contributed by atoms with Crippen molar-refractivity contribution >= 4 is 5.91 Å². The van der Waals surface area contributed by atoms with E-state index in [1.54, 1.807) is 0 Å². The van der Waals surface area contributed by atoms with E-state index in [0.717, 1.165) is 49.9 Å². The maximum Gasteiger partial charge on any atom is 0.231 e. The first kappa shape index (κ1) is 19.4. The highest BCUT2D eigenvalue weighted by Crippen LogP contribution is 2.35. The van der Waals surface area contributed by atoms with Crippen molar-refractivity contribution in [3.63, 3.8) is 0 Å². The average Bonchev–Trinajstić information content (AvgIpc) is 2.62. The van der Waals surface area contributed by atoms with Gasteiger partial charge in [0.15, 0.2) is 0 Å². The highest BCUT2D eigenvalue weighted by molar-refractivity contribution is 5.88. The van der Waals surface area contributed by atoms with Crippen LogP contribution in [-0.2, 0) is 14.9 Å². The number of nitrogens with one attached hydrogen (secondary N) is 1. The minimum atomic E-state index is -0.448. The largest absolute Gasteiger partial charge is 0.381 e. The number of piperidine rings is 1. The number of ether oxygens (including phenoxy) is 1. The highest BCUT2D eigenvalue weighted by Gasteiger charge is 2.42. The molecule has 4 heteroatoms. The average molecular weight is 359 g/mol. The topological polar surface area (TPSA) is 41.6 Å². The first-order valence-corrected chi connectivity index (χ1v) is 10.2. The van der Waals surface area contributed by atoms with Gasteiger partial charge < -0.3 is 15.0 Å². The Morgan fingerprint density at radius 3 is 2.42 bits per heavy atom. The van der Waals surface area contributed by atoms with Crippen molar-refractivity contribution in [2.75, 3.05) is 32.8 Å². The molecule has 1 N–H and O–H groups in total. The molecule has 4 nitrogen and oxygen atoms in total. The summed E-state index contributed by atoms with van der Waals surface area (Å²) in [6, 6.07) is 10.4. The van der Waals surface area contributed by atoms with Gasteiger partial charge in [-0.05, 0) is 43.6 Å². The number of rotatable bonds is 5. The van der Waals surface area contributed by atoms with Gasteiger partial charge >= 0.3 is 0 Å². The Bertz CT molecular complexity index is 573. The predicted octanol–water partition coefficient (Wildman–Crippen LogP) is 3.22. The maximum absolute atomic E-state index is 13.3. The van der Waals surface area contributed by atoms with Crippen molar-refractivity contribution < 1.29 is 9.53 Å². The molecule has 1 aromatic carbocycles. The van der Waals surface area contributed by atoms with Crippen LogP contribution >= 0.6 is 0 Å². The molecule has 2 aliphatic rings. The molecular formula is C22H34N2O2. The van der Waals surface area contributed by atoms with E-state index in [9.17, 15) is 4.79 Å². The van der Waals surface area contributed by atoms with Crippen molar-refractivity contribution in [3.8, 4) is 0 Å². The van der Waals surface area contributed by atoms with E-state index < -0.39 is 5.41 Å². The minimum absolute atomic E-state index is 0.156. The van der Waals surface area contributed by atoms with Gasteiger partial charge in [-0.15, -0.1) is 0 Å². The molecule has 3 atom stereocenters. The summed E-state index contributed by atoms with van der Waals surface area (Å²) in [5.41, 5.74) is 0.671. The molecule has 0 aliphatic carbocycles. The van der Waals surface area contributed by atoms with E-state index in [4.69, 9.17) is 4.74 Å². The molecule has 2 heterocycles. The summed E-state index contributed by atoms with van der Waals surface area (Å²) >= 11 is 0. The van der Waals surface area contributed by atoms with Crippen LogP contribution in [0.4, 0.5) is 0 Å². The van der Waals surface area contributed by atoms with E-state index in [-0.39, 0.29) is 11.9 Å². The Morgan fingerprint density at radius 1 is 1.19 bits per heavy atom. The minimum Gasteiger partial charge on any atom is -0.381 e. The quantitative estimate of drug-likeness (QED) is 0.879. The van der Waals surface area contributed by atoms with Gasteiger partial charge in [0.1, 0.15) is 0 Å². The lowest BCUT2D eigenvalue weighted by molar-refractivity contribution is -0.131. The monoisotopic (exact) mass is 358 g/mol. The number of hydrogen-bond donors (Lipinski definition) is 1. The summed E-state index contributed by atoms with van der Waals surface area (Å²) in [7, 11) is 0. The van der Waals surface area contributed by atoms with Crippen LogP contribution in [-0.4, -0.2) is 49.7 Å². The normalized spacial score (nSPS) is 27.7. The number of hydrogen-bond acceptors (Lipinski definition) is 3. The lowest BCUT2D eigenvalue weighted by Crippen LogP contribution is -2.53. The molecular weight excluding hydrogens is 324 g/mol. The van der Waals surface area contributed by atoms with Gasteiger partial charge in [-0.25, -0.2) is 0 Å². The van der Waals surface area contributed by atoms with Gasteiger partial charge in [0.05, 0.1) is 5.41 Å². The zero-order chi connectivity index (χ0) is 18.6. The van der Waals surface area contributed by atoms with Gasteiger partial charge in [-0.1, -0.05) is 44.2 Å². The predicted molar refractivity (Wildman–Crippen MR) is 105 cm³/mol. The van der Waals surface area contributed by atoms with Gasteiger partial charge in [0.2, 0.25) is 5.91 Å². The standard InChI is InChI=1S/C22H34N2O2/c1-17-13-18(2)15-24(14-17)16-19(3)23-21(25)22(9-11-26-12-10-22)20-7-5-4-6-8-20/h4-8,17-19H,9-16H2,1-3H3,(H,23,25). The number of carbonyl (C=O) groups is 1. The van der Waals surface area contributed by atoms with Crippen LogP contribution in [0.25, 0.3) is 0 Å². The molecule has 0 aromatic heterocycles. The zero-order valence-electron chi connectivity index (χ0n) is 16.5. The summed E-state index contributed by atoms with van der Waals surface area (Å²) in [5.74, 6) is 1.65. The Balaban J connectivity index is 1.66. The second-order valence-corrected chi connectivity index (χ2v) is 8.60. The van der Waals surface area contributed by atoms with Crippen molar-refractivity contribution in [3.05, 3.63) is 35.9 Å². The van der Waals surface area contributed by atoms with E-state index in [1.807, 2.05) is 18.2 Å². The fraction of sp³-hybridized carbons (Fsp3) is 0.682. The van der Waals surface area contributed by atoms with Gasteiger partial charge in [0.25, 0.3) is 0 Å². The van der Waals surface area contributed by atoms with Crippen molar-refractivity contribution in [2.45, 2.75) is 51.5 Å². The lowest BCUT2D eigenvalue weighted by Gasteiger charge is -2.39. The summed E-state index contributed by atoms with van der Waals surface area (Å²) < 4.78 is 5.56. The van der Waals surface area contributed by atoms with Crippen LogP contribution in [0.15, 0.2) is 30.3 Å². The fourth-order valence-corrected chi connectivity index (χ4v) is 4.86. The van der Waals surface area contributed by atoms with E-state index in [2.05, 4.69) is 43.1 Å². The van der Waals surface area contributed by atoms with Crippen LogP contribution < -0.4 is 5.32 Å². The van der Waals surface area contributed by atoms with Crippen molar-refractivity contribution in [1.82, 2.24) is 10.2 Å². The van der Waals surface area contributed by atoms with Crippen LogP contribution in [0.5, 0.6) is 0 Å². The molecule has 3 rings (SSSR count). The summed E-state index contributed by atoms with van der Waals surface area (Å²) in [6.07, 6.45) is 2.83. The molecule has 2 saturated heterocycles. The zero-order valence-corrected chi connectivity index (χ0v) is 16.5. The van der Waals surface area contributed by atoms with Crippen LogP contribution in [0.1, 0.15) is 45.6 Å². The molecule has 26 heavy (non-hydrogen) atoms. The maximum atomic E-state index is 13.3. The number of carbonyl (C=O) groups excluding carboxylic acids is 1. The van der Waals surface area contributed by atoms with Gasteiger partial charge in [-0.2, -0.15) is 0 Å². The third-order valence-corrected chi connectivity index (χ3v) is 5.96. The summed E-state index contributed by atoms with van der Waals surface area (Å²) in [5, 5.41) is 3.33. The second kappa shape index (κ2) is 8.53. The van der Waals surface area contributed by atoms with Crippen molar-refractivity contribution in [1.29, 1.82) is 0 Å². The Labute approximate surface area is 158 Å². The number of amides is 1. The number of nitrogens with zero attached hydrogens (tertiary/aromatic N) is 1. The molecule has 0 bridgehead atoms. The highest BCUT2D eigenvalue weighted by atomic mass is 16.5. The van der Waals surface area contributed by atoms with Gasteiger partial charge in [0, 0.05) is 38.9 Å². The number of likely N-dealkylation sites (tertiary alicyclic amines) is 1. The molecule has 3 unspecified atom stereocenters. The van der Waals surface area contributed by atoms with Crippen molar-refractivity contribution in [2.24, 2.45) is 11.8 Å². The SMILES string of the molecule is CC1CC(C)CN(CC(C)NC(=O)C2(c3ccccc3)CCOCC2)C1. The third-order valence-electron chi connectivity index (χ3n) is 5.96. The molecule has 1 amide bonds. The van der Waals surface area contributed by atoms with E-state index in [1.165, 1.54) is 6.42 Å². The number of benzene rings is 1. The first-order valence-electron chi connectivity index (χ1n) is 10.2. The molecule has 2 fully saturated rings. The molecule has 0 spiro atoms. The Kier molecular flexibility index (Phi) is 6.36. The second-order valence-electron chi connectivity index (χ2n) is 8.60. The third kappa shape index (κ3) is 4.47. The Morgan fingerprint density at radius 2 is 1.81 bits per heavy atom.